The summed E-state index contributed by atoms with van der Waals surface area (Å²) in [4.78, 5) is 0. The minimum atomic E-state index is -1.33. The Kier molecular flexibility index (Phi) is 10.9. The molecule has 2 aromatic rings. The van der Waals surface area contributed by atoms with Crippen LogP contribution in [0, 0.1) is 0 Å². The maximum atomic E-state index is 5.77. The van der Waals surface area contributed by atoms with Crippen molar-refractivity contribution < 1.29 is 54.6 Å². The number of halogens is 2. The third-order valence-corrected chi connectivity index (χ3v) is 4.98. The van der Waals surface area contributed by atoms with Crippen LogP contribution in [0.3, 0.4) is 0 Å². The molecular weight excluding hydrogens is 410 g/mol. The van der Waals surface area contributed by atoms with Crippen molar-refractivity contribution in [2.75, 3.05) is 0 Å². The fourth-order valence-electron chi connectivity index (χ4n) is 1.96. The van der Waals surface area contributed by atoms with Gasteiger partial charge in [-0.25, -0.2) is 0 Å². The van der Waals surface area contributed by atoms with E-state index in [-0.39, 0.29) is 24.8 Å². The molecule has 0 aliphatic heterocycles. The molecule has 0 saturated heterocycles. The second-order valence-electron chi connectivity index (χ2n) is 5.73. The van der Waals surface area contributed by atoms with Gasteiger partial charge in [0.1, 0.15) is 0 Å². The van der Waals surface area contributed by atoms with Crippen molar-refractivity contribution in [2.45, 2.75) is 39.5 Å². The van der Waals surface area contributed by atoms with Crippen molar-refractivity contribution in [3.63, 3.8) is 0 Å². The fraction of sp³-hybridized carbons (Fsp3) is 0.333. The first-order valence-corrected chi connectivity index (χ1v) is 9.35. The van der Waals surface area contributed by atoms with Crippen molar-refractivity contribution in [2.24, 2.45) is 0 Å². The van der Waals surface area contributed by atoms with E-state index < -0.39 is 24.1 Å². The Bertz CT molecular complexity index is 503. The molecule has 2 rings (SSSR count). The summed E-state index contributed by atoms with van der Waals surface area (Å²) in [7, 11) is 0. The maximum Gasteiger partial charge on any atom is -1.00 e. The molecule has 0 radical (unpaired) electrons. The zero-order chi connectivity index (χ0) is 15.2. The van der Waals surface area contributed by atoms with E-state index in [0.717, 1.165) is 11.5 Å². The largest absolute Gasteiger partial charge is 1.00 e. The van der Waals surface area contributed by atoms with E-state index >= 15 is 0 Å². The predicted octanol–water partition coefficient (Wildman–Crippen LogP) is -0.688. The molecule has 0 N–H and O–H groups in total. The van der Waals surface area contributed by atoms with Crippen molar-refractivity contribution >= 4 is 0 Å². The smallest absolute Gasteiger partial charge is 1.00 e. The van der Waals surface area contributed by atoms with Gasteiger partial charge in [0.25, 0.3) is 0 Å². The molecule has 0 bridgehead atoms. The Labute approximate surface area is 164 Å². The van der Waals surface area contributed by atoms with Crippen LogP contribution < -0.4 is 30.4 Å². The molecule has 2 aromatic carbocycles. The minimum absolute atomic E-state index is 0. The summed E-state index contributed by atoms with van der Waals surface area (Å²) < 4.78 is 11.5. The monoisotopic (exact) mass is 430 g/mol. The molecule has 0 heterocycles. The van der Waals surface area contributed by atoms with E-state index in [0.29, 0.717) is 11.8 Å². The minimum Gasteiger partial charge on any atom is -1.00 e. The summed E-state index contributed by atoms with van der Waals surface area (Å²) in [5, 5.41) is 0. The van der Waals surface area contributed by atoms with Crippen molar-refractivity contribution in [1.82, 2.24) is 0 Å². The van der Waals surface area contributed by atoms with E-state index in [4.69, 9.17) is 5.63 Å². The SMILES string of the molecule is CC(C)c1ccc([O][Zr+2][O]c2ccc(C(C)C)cc2)cc1.[Cl-].[Cl-]. The summed E-state index contributed by atoms with van der Waals surface area (Å²) in [6.45, 7) is 8.76. The summed E-state index contributed by atoms with van der Waals surface area (Å²) in [5.74, 6) is 2.92. The molecule has 0 aliphatic rings. The van der Waals surface area contributed by atoms with Gasteiger partial charge in [-0.05, 0) is 0 Å². The standard InChI is InChI=1S/2C9H12O.2ClH.Zr/c2*1-7(2)8-3-5-9(10)6-4-8;;;/h2*3-7,10H,1-2H3;2*1H;/q;;;;+4/p-4. The number of hydrogen-bond acceptors (Lipinski definition) is 2. The van der Waals surface area contributed by atoms with Crippen LogP contribution in [0.5, 0.6) is 11.5 Å². The van der Waals surface area contributed by atoms with Gasteiger partial charge in [-0.2, -0.15) is 0 Å². The first-order valence-electron chi connectivity index (χ1n) is 7.35. The molecule has 0 atom stereocenters. The first kappa shape index (κ1) is 22.5. The Morgan fingerprint density at radius 3 is 1.17 bits per heavy atom. The van der Waals surface area contributed by atoms with Gasteiger partial charge in [0, 0.05) is 0 Å². The number of benzene rings is 2. The average molecular weight is 433 g/mol. The summed E-state index contributed by atoms with van der Waals surface area (Å²) in [6.07, 6.45) is 0. The summed E-state index contributed by atoms with van der Waals surface area (Å²) in [6, 6.07) is 16.6. The van der Waals surface area contributed by atoms with Crippen molar-refractivity contribution in [3.8, 4) is 11.5 Å². The van der Waals surface area contributed by atoms with E-state index in [2.05, 4.69) is 52.0 Å². The second kappa shape index (κ2) is 11.1. The Hall–Kier alpha value is -0.497. The van der Waals surface area contributed by atoms with Gasteiger partial charge in [0.05, 0.1) is 0 Å². The molecule has 0 unspecified atom stereocenters. The van der Waals surface area contributed by atoms with E-state index in [1.807, 2.05) is 24.3 Å². The zero-order valence-corrected chi connectivity index (χ0v) is 17.8. The van der Waals surface area contributed by atoms with Crippen LogP contribution in [-0.2, 0) is 24.1 Å². The molecule has 23 heavy (non-hydrogen) atoms. The van der Waals surface area contributed by atoms with Gasteiger partial charge in [-0.3, -0.25) is 0 Å². The third-order valence-electron chi connectivity index (χ3n) is 3.41. The van der Waals surface area contributed by atoms with Gasteiger partial charge < -0.3 is 24.8 Å². The van der Waals surface area contributed by atoms with Gasteiger partial charge in [-0.15, -0.1) is 0 Å². The van der Waals surface area contributed by atoms with Crippen LogP contribution in [0.2, 0.25) is 0 Å². The predicted molar refractivity (Wildman–Crippen MR) is 82.3 cm³/mol. The topological polar surface area (TPSA) is 18.5 Å². The average Bonchev–Trinajstić information content (AvgIpc) is 2.48. The van der Waals surface area contributed by atoms with E-state index in [9.17, 15) is 0 Å². The molecule has 0 saturated carbocycles. The normalized spacial score (nSPS) is 9.65. The maximum absolute atomic E-state index is 5.77. The second-order valence-corrected chi connectivity index (χ2v) is 7.15. The molecular formula is C18H22Cl2O2Zr. The number of hydrogen-bond donors (Lipinski definition) is 0. The molecule has 0 amide bonds. The van der Waals surface area contributed by atoms with Gasteiger partial charge in [0.2, 0.25) is 0 Å². The van der Waals surface area contributed by atoms with E-state index in [1.54, 1.807) is 0 Å². The Morgan fingerprint density at radius 2 is 0.913 bits per heavy atom. The molecule has 0 spiro atoms. The quantitative estimate of drug-likeness (QED) is 0.602. The summed E-state index contributed by atoms with van der Waals surface area (Å²) in [5.41, 5.74) is 2.66. The fourth-order valence-corrected chi connectivity index (χ4v) is 3.20. The first-order chi connectivity index (χ1) is 10.1. The number of rotatable bonds is 6. The van der Waals surface area contributed by atoms with Crippen molar-refractivity contribution in [1.29, 1.82) is 0 Å². The Morgan fingerprint density at radius 1 is 0.609 bits per heavy atom. The van der Waals surface area contributed by atoms with Gasteiger partial charge in [0.15, 0.2) is 0 Å². The van der Waals surface area contributed by atoms with Crippen LogP contribution in [0.25, 0.3) is 0 Å². The van der Waals surface area contributed by atoms with Gasteiger partial charge >= 0.3 is 140 Å². The molecule has 0 fully saturated rings. The van der Waals surface area contributed by atoms with Crippen LogP contribution in [0.4, 0.5) is 0 Å². The third kappa shape index (κ3) is 7.29. The van der Waals surface area contributed by atoms with Crippen LogP contribution in [0.1, 0.15) is 50.7 Å². The molecule has 0 aromatic heterocycles. The van der Waals surface area contributed by atoms with Crippen LogP contribution in [-0.4, -0.2) is 0 Å². The van der Waals surface area contributed by atoms with E-state index in [1.165, 1.54) is 11.1 Å². The molecule has 5 heteroatoms. The van der Waals surface area contributed by atoms with Crippen LogP contribution in [0.15, 0.2) is 48.5 Å². The zero-order valence-electron chi connectivity index (χ0n) is 13.8. The molecule has 0 aliphatic carbocycles. The summed E-state index contributed by atoms with van der Waals surface area (Å²) >= 11 is -1.33. The van der Waals surface area contributed by atoms with Crippen molar-refractivity contribution in [3.05, 3.63) is 59.7 Å². The Balaban J connectivity index is 0.00000242. The van der Waals surface area contributed by atoms with Crippen LogP contribution >= 0.6 is 0 Å². The molecule has 124 valence electrons. The molecule has 2 nitrogen and oxygen atoms in total. The van der Waals surface area contributed by atoms with Gasteiger partial charge in [-0.1, -0.05) is 0 Å².